The van der Waals surface area contributed by atoms with Crippen LogP contribution in [0, 0.1) is 0 Å². The predicted molar refractivity (Wildman–Crippen MR) is 69.3 cm³/mol. The summed E-state index contributed by atoms with van der Waals surface area (Å²) in [6, 6.07) is 9.67. The van der Waals surface area contributed by atoms with Crippen LogP contribution in [-0.2, 0) is 4.79 Å². The van der Waals surface area contributed by atoms with Gasteiger partial charge in [-0.05, 0) is 12.5 Å². The Hall–Kier alpha value is -1.42. The maximum atomic E-state index is 11.7. The summed E-state index contributed by atoms with van der Waals surface area (Å²) in [6.45, 7) is 2.39. The number of carbonyl (C=O) groups excluding carboxylic acids is 1. The minimum absolute atomic E-state index is 0.00227. The molecule has 0 aliphatic carbocycles. The van der Waals surface area contributed by atoms with Gasteiger partial charge in [0.1, 0.15) is 0 Å². The number of nitrogens with one attached hydrogen (secondary N) is 1. The van der Waals surface area contributed by atoms with E-state index >= 15 is 0 Å². The Bertz CT molecular complexity index is 365. The molecule has 0 aliphatic heterocycles. The van der Waals surface area contributed by atoms with Gasteiger partial charge in [0.2, 0.25) is 5.91 Å². The van der Waals surface area contributed by atoms with Crippen molar-refractivity contribution in [2.45, 2.75) is 19.3 Å². The van der Waals surface area contributed by atoms with Crippen LogP contribution in [0.15, 0.2) is 30.3 Å². The molecule has 1 atom stereocenters. The third kappa shape index (κ3) is 3.98. The summed E-state index contributed by atoms with van der Waals surface area (Å²) in [5, 5.41) is 2.81. The van der Waals surface area contributed by atoms with Crippen LogP contribution in [-0.4, -0.2) is 17.4 Å². The first-order valence-electron chi connectivity index (χ1n) is 5.22. The summed E-state index contributed by atoms with van der Waals surface area (Å²) in [5.74, 6) is -0.144. The van der Waals surface area contributed by atoms with Gasteiger partial charge in [-0.2, -0.15) is 0 Å². The van der Waals surface area contributed by atoms with Crippen molar-refractivity contribution in [1.29, 1.82) is 0 Å². The first-order chi connectivity index (χ1) is 7.61. The summed E-state index contributed by atoms with van der Waals surface area (Å²) in [4.78, 5) is 12.2. The van der Waals surface area contributed by atoms with Gasteiger partial charge in [-0.3, -0.25) is 4.79 Å². The first kappa shape index (κ1) is 12.6. The molecule has 0 bridgehead atoms. The number of thiocarbonyl (C=S) groups is 1. The molecule has 0 saturated carbocycles. The van der Waals surface area contributed by atoms with E-state index in [-0.39, 0.29) is 11.8 Å². The molecule has 0 aromatic heterocycles. The molecule has 1 aromatic rings. The normalized spacial score (nSPS) is 11.8. The van der Waals surface area contributed by atoms with Gasteiger partial charge in [0.25, 0.3) is 0 Å². The second kappa shape index (κ2) is 6.23. The zero-order valence-corrected chi connectivity index (χ0v) is 10.1. The molecule has 4 heteroatoms. The van der Waals surface area contributed by atoms with Gasteiger partial charge in [0, 0.05) is 13.0 Å². The number of hydrogen-bond donors (Lipinski definition) is 2. The molecule has 0 radical (unpaired) electrons. The zero-order chi connectivity index (χ0) is 12.0. The van der Waals surface area contributed by atoms with Crippen LogP contribution in [0.5, 0.6) is 0 Å². The van der Waals surface area contributed by atoms with Gasteiger partial charge in [0.15, 0.2) is 0 Å². The Morgan fingerprint density at radius 2 is 2.06 bits per heavy atom. The standard InChI is InChI=1S/C12H16N2OS/c1-9(10-5-3-2-4-6-10)12(15)14-8-7-11(13)16/h2-6,9H,7-8H2,1H3,(H2,13,16)(H,14,15). The van der Waals surface area contributed by atoms with E-state index in [0.717, 1.165) is 5.56 Å². The second-order valence-electron chi connectivity index (χ2n) is 3.64. The lowest BCUT2D eigenvalue weighted by Gasteiger charge is -2.12. The topological polar surface area (TPSA) is 55.1 Å². The Morgan fingerprint density at radius 1 is 1.44 bits per heavy atom. The minimum atomic E-state index is -0.146. The quantitative estimate of drug-likeness (QED) is 0.763. The molecule has 1 unspecified atom stereocenters. The van der Waals surface area contributed by atoms with Crippen molar-refractivity contribution in [3.63, 3.8) is 0 Å². The lowest BCUT2D eigenvalue weighted by atomic mass is 10.0. The van der Waals surface area contributed by atoms with Crippen molar-refractivity contribution in [2.75, 3.05) is 6.54 Å². The van der Waals surface area contributed by atoms with Gasteiger partial charge >= 0.3 is 0 Å². The van der Waals surface area contributed by atoms with Crippen molar-refractivity contribution in [3.05, 3.63) is 35.9 Å². The van der Waals surface area contributed by atoms with Gasteiger partial charge in [-0.25, -0.2) is 0 Å². The zero-order valence-electron chi connectivity index (χ0n) is 9.27. The Balaban J connectivity index is 2.45. The molecular weight excluding hydrogens is 220 g/mol. The van der Waals surface area contributed by atoms with Crippen LogP contribution in [0.2, 0.25) is 0 Å². The Kier molecular flexibility index (Phi) is 4.92. The number of nitrogens with two attached hydrogens (primary N) is 1. The van der Waals surface area contributed by atoms with E-state index in [1.165, 1.54) is 0 Å². The average Bonchev–Trinajstić information content (AvgIpc) is 2.28. The highest BCUT2D eigenvalue weighted by Crippen LogP contribution is 2.14. The smallest absolute Gasteiger partial charge is 0.227 e. The fraction of sp³-hybridized carbons (Fsp3) is 0.333. The third-order valence-electron chi connectivity index (χ3n) is 2.36. The van der Waals surface area contributed by atoms with E-state index in [2.05, 4.69) is 5.32 Å². The van der Waals surface area contributed by atoms with Crippen molar-refractivity contribution in [2.24, 2.45) is 5.73 Å². The summed E-state index contributed by atoms with van der Waals surface area (Å²) < 4.78 is 0. The molecule has 1 rings (SSSR count). The highest BCUT2D eigenvalue weighted by atomic mass is 32.1. The molecule has 1 amide bonds. The molecule has 1 aromatic carbocycles. The number of amides is 1. The highest BCUT2D eigenvalue weighted by Gasteiger charge is 2.13. The van der Waals surface area contributed by atoms with Crippen molar-refractivity contribution < 1.29 is 4.79 Å². The second-order valence-corrected chi connectivity index (χ2v) is 4.16. The van der Waals surface area contributed by atoms with Gasteiger partial charge in [-0.1, -0.05) is 42.5 Å². The first-order valence-corrected chi connectivity index (χ1v) is 5.63. The molecule has 0 saturated heterocycles. The average molecular weight is 236 g/mol. The van der Waals surface area contributed by atoms with E-state index in [9.17, 15) is 4.79 Å². The molecule has 0 heterocycles. The Labute approximate surface area is 101 Å². The molecule has 86 valence electrons. The SMILES string of the molecule is CC(C(=O)NCCC(N)=S)c1ccccc1. The number of carbonyl (C=O) groups is 1. The molecular formula is C12H16N2OS. The third-order valence-corrected chi connectivity index (χ3v) is 2.57. The largest absolute Gasteiger partial charge is 0.393 e. The minimum Gasteiger partial charge on any atom is -0.393 e. The van der Waals surface area contributed by atoms with Crippen LogP contribution in [0.4, 0.5) is 0 Å². The fourth-order valence-electron chi connectivity index (χ4n) is 1.36. The summed E-state index contributed by atoms with van der Waals surface area (Å²) in [7, 11) is 0. The van der Waals surface area contributed by atoms with Gasteiger partial charge < -0.3 is 11.1 Å². The molecule has 3 nitrogen and oxygen atoms in total. The Morgan fingerprint density at radius 3 is 2.62 bits per heavy atom. The predicted octanol–water partition coefficient (Wildman–Crippen LogP) is 1.58. The summed E-state index contributed by atoms with van der Waals surface area (Å²) >= 11 is 4.73. The van der Waals surface area contributed by atoms with Crippen molar-refractivity contribution >= 4 is 23.1 Å². The fourth-order valence-corrected chi connectivity index (χ4v) is 1.46. The van der Waals surface area contributed by atoms with E-state index in [0.29, 0.717) is 18.0 Å². The van der Waals surface area contributed by atoms with E-state index < -0.39 is 0 Å². The van der Waals surface area contributed by atoms with Crippen LogP contribution in [0.1, 0.15) is 24.8 Å². The summed E-state index contributed by atoms with van der Waals surface area (Å²) in [6.07, 6.45) is 0.544. The number of benzene rings is 1. The van der Waals surface area contributed by atoms with Crippen LogP contribution in [0.3, 0.4) is 0 Å². The highest BCUT2D eigenvalue weighted by molar-refractivity contribution is 7.80. The van der Waals surface area contributed by atoms with Crippen LogP contribution >= 0.6 is 12.2 Å². The van der Waals surface area contributed by atoms with Crippen LogP contribution in [0.25, 0.3) is 0 Å². The molecule has 16 heavy (non-hydrogen) atoms. The maximum absolute atomic E-state index is 11.7. The van der Waals surface area contributed by atoms with Gasteiger partial charge in [-0.15, -0.1) is 0 Å². The van der Waals surface area contributed by atoms with E-state index in [1.807, 2.05) is 37.3 Å². The van der Waals surface area contributed by atoms with E-state index in [4.69, 9.17) is 18.0 Å². The van der Waals surface area contributed by atoms with E-state index in [1.54, 1.807) is 0 Å². The summed E-state index contributed by atoms with van der Waals surface area (Å²) in [5.41, 5.74) is 6.36. The van der Waals surface area contributed by atoms with Crippen LogP contribution < -0.4 is 11.1 Å². The number of hydrogen-bond acceptors (Lipinski definition) is 2. The molecule has 0 aliphatic rings. The monoisotopic (exact) mass is 236 g/mol. The number of rotatable bonds is 5. The van der Waals surface area contributed by atoms with Crippen molar-refractivity contribution in [1.82, 2.24) is 5.32 Å². The lowest BCUT2D eigenvalue weighted by Crippen LogP contribution is -2.30. The molecule has 0 fully saturated rings. The van der Waals surface area contributed by atoms with Crippen molar-refractivity contribution in [3.8, 4) is 0 Å². The maximum Gasteiger partial charge on any atom is 0.227 e. The molecule has 3 N–H and O–H groups in total. The molecule has 0 spiro atoms. The van der Waals surface area contributed by atoms with Gasteiger partial charge in [0.05, 0.1) is 10.9 Å². The lowest BCUT2D eigenvalue weighted by molar-refractivity contribution is -0.122.